The van der Waals surface area contributed by atoms with Crippen LogP contribution in [0.25, 0.3) is 0 Å². The van der Waals surface area contributed by atoms with E-state index < -0.39 is 0 Å². The fourth-order valence-corrected chi connectivity index (χ4v) is 2.40. The van der Waals surface area contributed by atoms with Crippen molar-refractivity contribution in [3.63, 3.8) is 0 Å². The molecule has 0 bridgehead atoms. The molecule has 1 atom stereocenters. The third kappa shape index (κ3) is 5.70. The highest BCUT2D eigenvalue weighted by molar-refractivity contribution is 5.15. The topological polar surface area (TPSA) is 47.5 Å². The Morgan fingerprint density at radius 3 is 2.68 bits per heavy atom. The summed E-state index contributed by atoms with van der Waals surface area (Å²) in [5.41, 5.74) is 1.19. The first-order chi connectivity index (χ1) is 9.34. The highest BCUT2D eigenvalue weighted by Crippen LogP contribution is 2.02. The predicted octanol–water partition coefficient (Wildman–Crippen LogP) is 0.0848. The van der Waals surface area contributed by atoms with Gasteiger partial charge in [-0.05, 0) is 12.0 Å². The van der Waals surface area contributed by atoms with Gasteiger partial charge in [-0.3, -0.25) is 4.90 Å². The molecule has 0 unspecified atom stereocenters. The largest absolute Gasteiger partial charge is 0.391 e. The van der Waals surface area contributed by atoms with E-state index in [2.05, 4.69) is 27.7 Å². The van der Waals surface area contributed by atoms with Crippen LogP contribution in [0.4, 0.5) is 0 Å². The number of nitrogens with zero attached hydrogens (tertiary/aromatic N) is 1. The number of benzene rings is 1. The molecule has 1 fully saturated rings. The monoisotopic (exact) mass is 263 g/mol. The van der Waals surface area contributed by atoms with E-state index in [1.165, 1.54) is 5.56 Å². The number of nitrogens with one attached hydrogen (secondary N) is 2. The first-order valence-electron chi connectivity index (χ1n) is 7.20. The summed E-state index contributed by atoms with van der Waals surface area (Å²) < 4.78 is 0. The lowest BCUT2D eigenvalue weighted by Gasteiger charge is -2.27. The Labute approximate surface area is 115 Å². The minimum atomic E-state index is -0.301. The van der Waals surface area contributed by atoms with Crippen molar-refractivity contribution in [3.05, 3.63) is 35.9 Å². The van der Waals surface area contributed by atoms with Gasteiger partial charge in [0.15, 0.2) is 0 Å². The van der Waals surface area contributed by atoms with Crippen molar-refractivity contribution < 1.29 is 5.11 Å². The van der Waals surface area contributed by atoms with Gasteiger partial charge in [-0.25, -0.2) is 0 Å². The summed E-state index contributed by atoms with van der Waals surface area (Å²) in [5, 5.41) is 16.6. The molecule has 106 valence electrons. The van der Waals surface area contributed by atoms with Gasteiger partial charge in [0.05, 0.1) is 6.10 Å². The fraction of sp³-hybridized carbons (Fsp3) is 0.600. The molecule has 0 radical (unpaired) electrons. The number of aliphatic hydroxyl groups excluding tert-OH is 1. The lowest BCUT2D eigenvalue weighted by Crippen LogP contribution is -2.46. The van der Waals surface area contributed by atoms with Crippen molar-refractivity contribution in [1.29, 1.82) is 0 Å². The van der Waals surface area contributed by atoms with Crippen molar-refractivity contribution in [2.75, 3.05) is 45.8 Å². The van der Waals surface area contributed by atoms with E-state index in [1.54, 1.807) is 0 Å². The van der Waals surface area contributed by atoms with E-state index in [-0.39, 0.29) is 6.10 Å². The van der Waals surface area contributed by atoms with E-state index in [0.717, 1.165) is 45.7 Å². The molecule has 1 aromatic carbocycles. The molecular weight excluding hydrogens is 238 g/mol. The second-order valence-electron chi connectivity index (χ2n) is 5.14. The maximum Gasteiger partial charge on any atom is 0.0704 e. The number of hydrogen-bond acceptors (Lipinski definition) is 4. The molecule has 19 heavy (non-hydrogen) atoms. The van der Waals surface area contributed by atoms with Crippen molar-refractivity contribution in [1.82, 2.24) is 15.5 Å². The van der Waals surface area contributed by atoms with Gasteiger partial charge in [-0.2, -0.15) is 0 Å². The van der Waals surface area contributed by atoms with Crippen LogP contribution in [0.2, 0.25) is 0 Å². The van der Waals surface area contributed by atoms with Gasteiger partial charge >= 0.3 is 0 Å². The summed E-state index contributed by atoms with van der Waals surface area (Å²) in [7, 11) is 0. The quantitative estimate of drug-likeness (QED) is 0.610. The molecule has 1 saturated heterocycles. The van der Waals surface area contributed by atoms with Gasteiger partial charge in [0.25, 0.3) is 0 Å². The Kier molecular flexibility index (Phi) is 6.30. The molecule has 1 heterocycles. The average Bonchev–Trinajstić information content (AvgIpc) is 2.46. The van der Waals surface area contributed by atoms with E-state index in [1.807, 2.05) is 18.2 Å². The van der Waals surface area contributed by atoms with Crippen molar-refractivity contribution >= 4 is 0 Å². The molecule has 0 saturated carbocycles. The summed E-state index contributed by atoms with van der Waals surface area (Å²) in [5.74, 6) is 0. The zero-order chi connectivity index (χ0) is 13.3. The molecule has 0 aliphatic carbocycles. The summed E-state index contributed by atoms with van der Waals surface area (Å²) >= 11 is 0. The Morgan fingerprint density at radius 1 is 1.21 bits per heavy atom. The lowest BCUT2D eigenvalue weighted by atomic mass is 10.1. The van der Waals surface area contributed by atoms with Gasteiger partial charge in [0.1, 0.15) is 0 Å². The van der Waals surface area contributed by atoms with Gasteiger partial charge < -0.3 is 15.7 Å². The minimum Gasteiger partial charge on any atom is -0.391 e. The average molecular weight is 263 g/mol. The van der Waals surface area contributed by atoms with E-state index in [9.17, 15) is 5.11 Å². The number of hydrogen-bond donors (Lipinski definition) is 3. The number of piperazine rings is 1. The van der Waals surface area contributed by atoms with Crippen LogP contribution in [-0.4, -0.2) is 61.9 Å². The van der Waals surface area contributed by atoms with Gasteiger partial charge in [0.2, 0.25) is 0 Å². The number of rotatable bonds is 7. The minimum absolute atomic E-state index is 0.301. The lowest BCUT2D eigenvalue weighted by molar-refractivity contribution is 0.168. The predicted molar refractivity (Wildman–Crippen MR) is 78.3 cm³/mol. The normalized spacial score (nSPS) is 18.4. The molecule has 0 aromatic heterocycles. The van der Waals surface area contributed by atoms with Crippen LogP contribution in [-0.2, 0) is 6.42 Å². The molecule has 1 aromatic rings. The molecule has 4 heteroatoms. The van der Waals surface area contributed by atoms with Crippen molar-refractivity contribution in [2.24, 2.45) is 0 Å². The Balaban J connectivity index is 1.55. The first kappa shape index (κ1) is 14.5. The van der Waals surface area contributed by atoms with E-state index in [0.29, 0.717) is 6.54 Å². The maximum absolute atomic E-state index is 9.95. The maximum atomic E-state index is 9.95. The van der Waals surface area contributed by atoms with Crippen LogP contribution >= 0.6 is 0 Å². The van der Waals surface area contributed by atoms with Gasteiger partial charge in [-0.1, -0.05) is 30.3 Å². The smallest absolute Gasteiger partial charge is 0.0704 e. The molecular formula is C15H25N3O. The zero-order valence-electron chi connectivity index (χ0n) is 11.5. The van der Waals surface area contributed by atoms with Crippen LogP contribution in [0.1, 0.15) is 5.56 Å². The molecule has 1 aliphatic heterocycles. The third-order valence-electron chi connectivity index (χ3n) is 3.51. The number of aliphatic hydroxyl groups is 1. The zero-order valence-corrected chi connectivity index (χ0v) is 11.5. The molecule has 2 rings (SSSR count). The highest BCUT2D eigenvalue weighted by atomic mass is 16.3. The van der Waals surface area contributed by atoms with Gasteiger partial charge in [0, 0.05) is 45.8 Å². The van der Waals surface area contributed by atoms with Crippen LogP contribution < -0.4 is 10.6 Å². The summed E-state index contributed by atoms with van der Waals surface area (Å²) in [6, 6.07) is 10.1. The summed E-state index contributed by atoms with van der Waals surface area (Å²) in [6.45, 7) is 7.14. The highest BCUT2D eigenvalue weighted by Gasteiger charge is 2.09. The summed E-state index contributed by atoms with van der Waals surface area (Å²) in [6.07, 6.45) is 0.423. The van der Waals surface area contributed by atoms with Crippen LogP contribution in [0.5, 0.6) is 0 Å². The summed E-state index contributed by atoms with van der Waals surface area (Å²) in [4.78, 5) is 2.45. The van der Waals surface area contributed by atoms with Crippen LogP contribution in [0.3, 0.4) is 0 Å². The SMILES string of the molecule is O[C@@H](CNCCN1CCNCC1)Cc1ccccc1. The second-order valence-corrected chi connectivity index (χ2v) is 5.14. The third-order valence-corrected chi connectivity index (χ3v) is 3.51. The first-order valence-corrected chi connectivity index (χ1v) is 7.20. The second kappa shape index (κ2) is 8.27. The van der Waals surface area contributed by atoms with Crippen LogP contribution in [0, 0.1) is 0 Å². The van der Waals surface area contributed by atoms with E-state index >= 15 is 0 Å². The van der Waals surface area contributed by atoms with Crippen molar-refractivity contribution in [2.45, 2.75) is 12.5 Å². The van der Waals surface area contributed by atoms with Crippen LogP contribution in [0.15, 0.2) is 30.3 Å². The fourth-order valence-electron chi connectivity index (χ4n) is 2.40. The van der Waals surface area contributed by atoms with Gasteiger partial charge in [-0.15, -0.1) is 0 Å². The Hall–Kier alpha value is -0.940. The molecule has 4 nitrogen and oxygen atoms in total. The van der Waals surface area contributed by atoms with Crippen molar-refractivity contribution in [3.8, 4) is 0 Å². The van der Waals surface area contributed by atoms with E-state index in [4.69, 9.17) is 0 Å². The Bertz CT molecular complexity index is 339. The molecule has 0 spiro atoms. The molecule has 0 amide bonds. The Morgan fingerprint density at radius 2 is 1.95 bits per heavy atom. The molecule has 1 aliphatic rings. The standard InChI is InChI=1S/C15H25N3O/c19-15(12-14-4-2-1-3-5-14)13-17-8-11-18-9-6-16-7-10-18/h1-5,15-17,19H,6-13H2/t15-/m1/s1. The molecule has 3 N–H and O–H groups in total.